The molecule has 3 heterocycles. The van der Waals surface area contributed by atoms with E-state index in [9.17, 15) is 0 Å². The van der Waals surface area contributed by atoms with Gasteiger partial charge in [0.05, 0.1) is 11.0 Å². The Morgan fingerprint density at radius 2 is 1.81 bits per heavy atom. The Labute approximate surface area is 120 Å². The molecule has 0 radical (unpaired) electrons. The predicted octanol–water partition coefficient (Wildman–Crippen LogP) is 3.61. The number of pyridine rings is 1. The number of aromatic nitrogens is 2. The summed E-state index contributed by atoms with van der Waals surface area (Å²) in [6.07, 6.45) is 0. The summed E-state index contributed by atoms with van der Waals surface area (Å²) >= 11 is 0. The van der Waals surface area contributed by atoms with Crippen LogP contribution in [0, 0.1) is 0 Å². The Balaban J connectivity index is 1.97. The molecule has 0 N–H and O–H groups in total. The molecule has 0 fully saturated rings. The van der Waals surface area contributed by atoms with E-state index >= 15 is 0 Å². The van der Waals surface area contributed by atoms with Gasteiger partial charge in [0.25, 0.3) is 0 Å². The second-order valence-corrected chi connectivity index (χ2v) is 5.33. The molecule has 102 valence electrons. The summed E-state index contributed by atoms with van der Waals surface area (Å²) in [6, 6.07) is 14.5. The molecule has 5 rings (SSSR count). The summed E-state index contributed by atoms with van der Waals surface area (Å²) < 4.78 is 13.0. The van der Waals surface area contributed by atoms with Crippen LogP contribution in [-0.4, -0.2) is 16.3 Å². The third-order valence-electron chi connectivity index (χ3n) is 4.16. The number of hydrogen-bond acceptors (Lipinski definition) is 3. The molecular weight excluding hydrogens is 264 g/mol. The van der Waals surface area contributed by atoms with Crippen LogP contribution in [-0.2, 0) is 7.05 Å². The third-order valence-corrected chi connectivity index (χ3v) is 4.16. The maximum Gasteiger partial charge on any atom is 0.231 e. The molecule has 2 aromatic carbocycles. The third kappa shape index (κ3) is 1.36. The van der Waals surface area contributed by atoms with E-state index in [1.54, 1.807) is 0 Å². The average molecular weight is 276 g/mol. The quantitative estimate of drug-likeness (QED) is 0.492. The largest absolute Gasteiger partial charge is 0.454 e. The van der Waals surface area contributed by atoms with Gasteiger partial charge < -0.3 is 14.0 Å². The number of ether oxygens (including phenoxy) is 2. The first-order valence-corrected chi connectivity index (χ1v) is 6.89. The number of nitrogens with zero attached hydrogens (tertiary/aromatic N) is 2. The van der Waals surface area contributed by atoms with E-state index in [4.69, 9.17) is 14.5 Å². The number of para-hydroxylation sites is 1. The molecule has 0 saturated heterocycles. The molecule has 4 heteroatoms. The van der Waals surface area contributed by atoms with Crippen molar-refractivity contribution in [2.45, 2.75) is 0 Å². The van der Waals surface area contributed by atoms with Gasteiger partial charge >= 0.3 is 0 Å². The highest BCUT2D eigenvalue weighted by molar-refractivity contribution is 6.10. The molecule has 4 aromatic rings. The molecule has 0 bridgehead atoms. The zero-order chi connectivity index (χ0) is 14.0. The van der Waals surface area contributed by atoms with Gasteiger partial charge in [-0.2, -0.15) is 0 Å². The summed E-state index contributed by atoms with van der Waals surface area (Å²) in [6.45, 7) is 0.286. The summed E-state index contributed by atoms with van der Waals surface area (Å²) in [5.41, 5.74) is 3.11. The van der Waals surface area contributed by atoms with Crippen molar-refractivity contribution in [2.75, 3.05) is 6.79 Å². The van der Waals surface area contributed by atoms with Gasteiger partial charge in [-0.15, -0.1) is 0 Å². The van der Waals surface area contributed by atoms with Crippen LogP contribution >= 0.6 is 0 Å². The minimum Gasteiger partial charge on any atom is -0.454 e. The molecular formula is C17H12N2O2. The molecule has 0 aliphatic carbocycles. The summed E-state index contributed by atoms with van der Waals surface area (Å²) in [5, 5.41) is 3.46. The fourth-order valence-electron chi connectivity index (χ4n) is 3.12. The van der Waals surface area contributed by atoms with Crippen LogP contribution in [0.4, 0.5) is 0 Å². The van der Waals surface area contributed by atoms with E-state index in [0.717, 1.165) is 28.0 Å². The van der Waals surface area contributed by atoms with Crippen LogP contribution in [0.5, 0.6) is 11.5 Å². The smallest absolute Gasteiger partial charge is 0.231 e. The molecule has 1 aliphatic rings. The van der Waals surface area contributed by atoms with Gasteiger partial charge in [0.15, 0.2) is 11.5 Å². The van der Waals surface area contributed by atoms with Crippen molar-refractivity contribution in [1.82, 2.24) is 9.55 Å². The average Bonchev–Trinajstić information content (AvgIpc) is 3.07. The van der Waals surface area contributed by atoms with Gasteiger partial charge in [-0.05, 0) is 18.2 Å². The molecule has 0 saturated carbocycles. The Hall–Kier alpha value is -2.75. The monoisotopic (exact) mass is 276 g/mol. The Bertz CT molecular complexity index is 1030. The van der Waals surface area contributed by atoms with Crippen molar-refractivity contribution in [1.29, 1.82) is 0 Å². The van der Waals surface area contributed by atoms with Crippen molar-refractivity contribution >= 4 is 32.8 Å². The molecule has 0 atom stereocenters. The Morgan fingerprint density at radius 3 is 2.71 bits per heavy atom. The lowest BCUT2D eigenvalue weighted by Gasteiger charge is -2.02. The standard InChI is InChI=1S/C17H12N2O2/c1-19-14-5-3-2-4-11(14)12-6-10-7-15-16(21-9-20-15)8-13(10)18-17(12)19/h2-8H,9H2,1H3. The van der Waals surface area contributed by atoms with Crippen LogP contribution in [0.3, 0.4) is 0 Å². The zero-order valence-corrected chi connectivity index (χ0v) is 11.5. The topological polar surface area (TPSA) is 36.3 Å². The van der Waals surface area contributed by atoms with E-state index in [0.29, 0.717) is 0 Å². The first-order chi connectivity index (χ1) is 10.3. The van der Waals surface area contributed by atoms with Crippen molar-refractivity contribution in [3.63, 3.8) is 0 Å². The van der Waals surface area contributed by atoms with E-state index in [1.807, 2.05) is 12.1 Å². The van der Waals surface area contributed by atoms with Gasteiger partial charge in [0.1, 0.15) is 5.65 Å². The summed E-state index contributed by atoms with van der Waals surface area (Å²) in [7, 11) is 2.05. The van der Waals surface area contributed by atoms with Gasteiger partial charge in [-0.1, -0.05) is 18.2 Å². The predicted molar refractivity (Wildman–Crippen MR) is 81.8 cm³/mol. The summed E-state index contributed by atoms with van der Waals surface area (Å²) in [5.74, 6) is 1.57. The molecule has 0 amide bonds. The molecule has 2 aromatic heterocycles. The number of rotatable bonds is 0. The Morgan fingerprint density at radius 1 is 1.00 bits per heavy atom. The van der Waals surface area contributed by atoms with Gasteiger partial charge in [-0.25, -0.2) is 4.98 Å². The van der Waals surface area contributed by atoms with Gasteiger partial charge in [-0.3, -0.25) is 0 Å². The minimum atomic E-state index is 0.286. The number of hydrogen-bond donors (Lipinski definition) is 0. The lowest BCUT2D eigenvalue weighted by atomic mass is 10.1. The van der Waals surface area contributed by atoms with E-state index < -0.39 is 0 Å². The van der Waals surface area contributed by atoms with Crippen molar-refractivity contribution in [3.8, 4) is 11.5 Å². The first kappa shape index (κ1) is 11.0. The second-order valence-electron chi connectivity index (χ2n) is 5.33. The van der Waals surface area contributed by atoms with Gasteiger partial charge in [0, 0.05) is 29.3 Å². The van der Waals surface area contributed by atoms with Crippen LogP contribution in [0.1, 0.15) is 0 Å². The van der Waals surface area contributed by atoms with Gasteiger partial charge in [0.2, 0.25) is 6.79 Å². The Kier molecular flexibility index (Phi) is 1.91. The number of benzene rings is 2. The molecule has 0 spiro atoms. The number of fused-ring (bicyclic) bond motifs is 5. The fraction of sp³-hybridized carbons (Fsp3) is 0.118. The molecule has 21 heavy (non-hydrogen) atoms. The highest BCUT2D eigenvalue weighted by atomic mass is 16.7. The maximum absolute atomic E-state index is 5.46. The normalized spacial score (nSPS) is 13.6. The molecule has 0 unspecified atom stereocenters. The van der Waals surface area contributed by atoms with Crippen LogP contribution < -0.4 is 9.47 Å². The highest BCUT2D eigenvalue weighted by Crippen LogP contribution is 2.37. The maximum atomic E-state index is 5.46. The van der Waals surface area contributed by atoms with E-state index in [1.165, 1.54) is 16.3 Å². The van der Waals surface area contributed by atoms with Crippen molar-refractivity contribution in [3.05, 3.63) is 42.5 Å². The van der Waals surface area contributed by atoms with Crippen LogP contribution in [0.2, 0.25) is 0 Å². The minimum absolute atomic E-state index is 0.286. The van der Waals surface area contributed by atoms with E-state index in [2.05, 4.69) is 41.9 Å². The lowest BCUT2D eigenvalue weighted by molar-refractivity contribution is 0.174. The molecule has 1 aliphatic heterocycles. The SMILES string of the molecule is Cn1c2ccccc2c2cc3cc4c(cc3nc21)OCO4. The number of aryl methyl sites for hydroxylation is 1. The first-order valence-electron chi connectivity index (χ1n) is 6.89. The van der Waals surface area contributed by atoms with Crippen molar-refractivity contribution in [2.24, 2.45) is 7.05 Å². The fourth-order valence-corrected chi connectivity index (χ4v) is 3.12. The van der Waals surface area contributed by atoms with E-state index in [-0.39, 0.29) is 6.79 Å². The second kappa shape index (κ2) is 3.67. The summed E-state index contributed by atoms with van der Waals surface area (Å²) in [4.78, 5) is 4.82. The molecule has 4 nitrogen and oxygen atoms in total. The van der Waals surface area contributed by atoms with Crippen LogP contribution in [0.25, 0.3) is 32.8 Å². The highest BCUT2D eigenvalue weighted by Gasteiger charge is 2.16. The lowest BCUT2D eigenvalue weighted by Crippen LogP contribution is -1.92. The van der Waals surface area contributed by atoms with Crippen LogP contribution in [0.15, 0.2) is 42.5 Å². The van der Waals surface area contributed by atoms with Crippen molar-refractivity contribution < 1.29 is 9.47 Å². The zero-order valence-electron chi connectivity index (χ0n) is 11.5.